The fraction of sp³-hybridized carbons (Fsp3) is 0.846. The smallest absolute Gasteiger partial charge is 0.326 e. The van der Waals surface area contributed by atoms with Crippen LogP contribution in [0.15, 0.2) is 0 Å². The molecule has 110 valence electrons. The van der Waals surface area contributed by atoms with Gasteiger partial charge in [-0.1, -0.05) is 6.92 Å². The third-order valence-corrected chi connectivity index (χ3v) is 4.91. The zero-order valence-electron chi connectivity index (χ0n) is 12.1. The molecule has 0 spiro atoms. The van der Waals surface area contributed by atoms with Gasteiger partial charge in [0.15, 0.2) is 0 Å². The SMILES string of the molecule is CSC(C)(C)CNC(=O)N1CCCC(C)C1C(=O)O. The molecule has 1 fully saturated rings. The van der Waals surface area contributed by atoms with Gasteiger partial charge in [-0.05, 0) is 38.9 Å². The van der Waals surface area contributed by atoms with Crippen molar-refractivity contribution in [3.63, 3.8) is 0 Å². The molecule has 1 saturated heterocycles. The van der Waals surface area contributed by atoms with E-state index in [4.69, 9.17) is 0 Å². The standard InChI is InChI=1S/C13H24N2O3S/c1-9-6-5-7-15(10(9)11(16)17)12(18)14-8-13(2,3)19-4/h9-10H,5-8H2,1-4H3,(H,14,18)(H,16,17). The predicted octanol–water partition coefficient (Wildman–Crippen LogP) is 2.02. The number of carboxylic acids is 1. The molecular formula is C13H24N2O3S. The van der Waals surface area contributed by atoms with Crippen molar-refractivity contribution in [2.24, 2.45) is 5.92 Å². The number of hydrogen-bond acceptors (Lipinski definition) is 3. The molecule has 19 heavy (non-hydrogen) atoms. The van der Waals surface area contributed by atoms with Gasteiger partial charge in [0.1, 0.15) is 6.04 Å². The molecule has 0 saturated carbocycles. The lowest BCUT2D eigenvalue weighted by atomic mass is 9.91. The number of amides is 2. The Morgan fingerprint density at radius 3 is 2.63 bits per heavy atom. The van der Waals surface area contributed by atoms with Crippen LogP contribution in [0.2, 0.25) is 0 Å². The summed E-state index contributed by atoms with van der Waals surface area (Å²) in [6.45, 7) is 7.04. The van der Waals surface area contributed by atoms with E-state index >= 15 is 0 Å². The largest absolute Gasteiger partial charge is 0.480 e. The van der Waals surface area contributed by atoms with Crippen molar-refractivity contribution in [2.75, 3.05) is 19.3 Å². The van der Waals surface area contributed by atoms with Crippen molar-refractivity contribution in [1.82, 2.24) is 10.2 Å². The Morgan fingerprint density at radius 2 is 2.11 bits per heavy atom. The normalized spacial score (nSPS) is 24.1. The summed E-state index contributed by atoms with van der Waals surface area (Å²) in [6, 6.07) is -0.966. The van der Waals surface area contributed by atoms with Crippen LogP contribution in [0, 0.1) is 5.92 Å². The Bertz CT molecular complexity index is 347. The maximum atomic E-state index is 12.2. The second kappa shape index (κ2) is 6.50. The minimum Gasteiger partial charge on any atom is -0.480 e. The summed E-state index contributed by atoms with van der Waals surface area (Å²) in [7, 11) is 0. The molecule has 0 aliphatic carbocycles. The van der Waals surface area contributed by atoms with E-state index in [0.29, 0.717) is 13.1 Å². The van der Waals surface area contributed by atoms with Crippen molar-refractivity contribution < 1.29 is 14.7 Å². The lowest BCUT2D eigenvalue weighted by molar-refractivity contribution is -0.145. The van der Waals surface area contributed by atoms with Gasteiger partial charge in [0.25, 0.3) is 0 Å². The molecule has 5 nitrogen and oxygen atoms in total. The van der Waals surface area contributed by atoms with Crippen LogP contribution in [0.3, 0.4) is 0 Å². The molecule has 2 unspecified atom stereocenters. The van der Waals surface area contributed by atoms with Gasteiger partial charge in [-0.2, -0.15) is 11.8 Å². The first-order valence-corrected chi connectivity index (χ1v) is 7.83. The summed E-state index contributed by atoms with van der Waals surface area (Å²) in [6.07, 6.45) is 3.72. The zero-order chi connectivity index (χ0) is 14.6. The van der Waals surface area contributed by atoms with Gasteiger partial charge in [0, 0.05) is 17.8 Å². The lowest BCUT2D eigenvalue weighted by Crippen LogP contribution is -2.56. The second-order valence-electron chi connectivity index (χ2n) is 5.72. The number of likely N-dealkylation sites (tertiary alicyclic amines) is 1. The number of rotatable bonds is 4. The van der Waals surface area contributed by atoms with Gasteiger partial charge in [-0.3, -0.25) is 0 Å². The molecule has 2 amide bonds. The molecule has 0 aromatic rings. The van der Waals surface area contributed by atoms with Crippen molar-refractivity contribution in [1.29, 1.82) is 0 Å². The third-order valence-electron chi connectivity index (χ3n) is 3.67. The second-order valence-corrected chi connectivity index (χ2v) is 7.23. The highest BCUT2D eigenvalue weighted by atomic mass is 32.2. The Hall–Kier alpha value is -0.910. The van der Waals surface area contributed by atoms with E-state index in [1.165, 1.54) is 4.90 Å². The molecule has 1 aliphatic heterocycles. The Labute approximate surface area is 119 Å². The summed E-state index contributed by atoms with van der Waals surface area (Å²) < 4.78 is -0.0459. The van der Waals surface area contributed by atoms with Crippen LogP contribution >= 0.6 is 11.8 Å². The Morgan fingerprint density at radius 1 is 1.47 bits per heavy atom. The van der Waals surface area contributed by atoms with Gasteiger partial charge in [-0.15, -0.1) is 0 Å². The number of hydrogen-bond donors (Lipinski definition) is 2. The fourth-order valence-corrected chi connectivity index (χ4v) is 2.47. The predicted molar refractivity (Wildman–Crippen MR) is 77.5 cm³/mol. The Kier molecular flexibility index (Phi) is 5.52. The summed E-state index contributed by atoms with van der Waals surface area (Å²) >= 11 is 1.67. The molecular weight excluding hydrogens is 264 g/mol. The molecule has 2 atom stereocenters. The van der Waals surface area contributed by atoms with Crippen LogP contribution in [0.4, 0.5) is 4.79 Å². The minimum absolute atomic E-state index is 0.00515. The van der Waals surface area contributed by atoms with Gasteiger partial charge < -0.3 is 15.3 Å². The molecule has 0 radical (unpaired) electrons. The van der Waals surface area contributed by atoms with Gasteiger partial charge in [0.05, 0.1) is 0 Å². The Balaban J connectivity index is 2.66. The minimum atomic E-state index is -0.911. The van der Waals surface area contributed by atoms with Gasteiger partial charge >= 0.3 is 12.0 Å². The van der Waals surface area contributed by atoms with Crippen molar-refractivity contribution in [2.45, 2.75) is 44.4 Å². The van der Waals surface area contributed by atoms with E-state index in [-0.39, 0.29) is 16.7 Å². The first-order chi connectivity index (χ1) is 8.78. The number of nitrogens with zero attached hydrogens (tertiary/aromatic N) is 1. The molecule has 2 N–H and O–H groups in total. The average molecular weight is 288 g/mol. The maximum absolute atomic E-state index is 12.2. The molecule has 6 heteroatoms. The van der Waals surface area contributed by atoms with E-state index in [0.717, 1.165) is 12.8 Å². The van der Waals surface area contributed by atoms with Crippen molar-refractivity contribution in [3.05, 3.63) is 0 Å². The van der Waals surface area contributed by atoms with Crippen molar-refractivity contribution >= 4 is 23.8 Å². The van der Waals surface area contributed by atoms with Crippen LogP contribution < -0.4 is 5.32 Å². The van der Waals surface area contributed by atoms with E-state index in [1.54, 1.807) is 11.8 Å². The fourth-order valence-electron chi connectivity index (χ4n) is 2.25. The van der Waals surface area contributed by atoms with Crippen LogP contribution in [0.25, 0.3) is 0 Å². The molecule has 0 bridgehead atoms. The molecule has 1 rings (SSSR count). The van der Waals surface area contributed by atoms with E-state index < -0.39 is 12.0 Å². The third kappa shape index (κ3) is 4.30. The topological polar surface area (TPSA) is 69.6 Å². The molecule has 1 heterocycles. The van der Waals surface area contributed by atoms with E-state index in [2.05, 4.69) is 5.32 Å². The lowest BCUT2D eigenvalue weighted by Gasteiger charge is -2.37. The first kappa shape index (κ1) is 16.1. The van der Waals surface area contributed by atoms with Crippen LogP contribution in [0.1, 0.15) is 33.6 Å². The monoisotopic (exact) mass is 288 g/mol. The molecule has 0 aromatic carbocycles. The van der Waals surface area contributed by atoms with Crippen molar-refractivity contribution in [3.8, 4) is 0 Å². The highest BCUT2D eigenvalue weighted by Crippen LogP contribution is 2.24. The van der Waals surface area contributed by atoms with Crippen LogP contribution in [-0.2, 0) is 4.79 Å². The highest BCUT2D eigenvalue weighted by Gasteiger charge is 2.37. The summed E-state index contributed by atoms with van der Waals surface area (Å²) in [5.74, 6) is -0.906. The maximum Gasteiger partial charge on any atom is 0.326 e. The number of piperidine rings is 1. The van der Waals surface area contributed by atoms with E-state index in [9.17, 15) is 14.7 Å². The number of thioether (sulfide) groups is 1. The number of nitrogens with one attached hydrogen (secondary N) is 1. The van der Waals surface area contributed by atoms with Gasteiger partial charge in [0.2, 0.25) is 0 Å². The van der Waals surface area contributed by atoms with Crippen LogP contribution in [0.5, 0.6) is 0 Å². The number of urea groups is 1. The number of aliphatic carboxylic acids is 1. The summed E-state index contributed by atoms with van der Waals surface area (Å²) in [4.78, 5) is 24.9. The summed E-state index contributed by atoms with van der Waals surface area (Å²) in [5, 5.41) is 12.1. The van der Waals surface area contributed by atoms with Crippen LogP contribution in [-0.4, -0.2) is 52.1 Å². The number of carboxylic acid groups (broad SMARTS) is 1. The molecule has 1 aliphatic rings. The first-order valence-electron chi connectivity index (χ1n) is 6.61. The summed E-state index contributed by atoms with van der Waals surface area (Å²) in [5.41, 5.74) is 0. The number of carbonyl (C=O) groups is 2. The van der Waals surface area contributed by atoms with Gasteiger partial charge in [-0.25, -0.2) is 9.59 Å². The molecule has 0 aromatic heterocycles. The zero-order valence-corrected chi connectivity index (χ0v) is 12.9. The highest BCUT2D eigenvalue weighted by molar-refractivity contribution is 7.99. The average Bonchev–Trinajstić information content (AvgIpc) is 2.35. The number of carbonyl (C=O) groups excluding carboxylic acids is 1. The quantitative estimate of drug-likeness (QED) is 0.830. The van der Waals surface area contributed by atoms with E-state index in [1.807, 2.05) is 27.0 Å².